The maximum Gasteiger partial charge on any atom is 0.261 e. The fourth-order valence-corrected chi connectivity index (χ4v) is 3.58. The molecule has 1 aliphatic carbocycles. The van der Waals surface area contributed by atoms with Crippen molar-refractivity contribution in [2.45, 2.75) is 45.6 Å². The van der Waals surface area contributed by atoms with E-state index in [1.807, 2.05) is 6.92 Å². The van der Waals surface area contributed by atoms with E-state index in [1.165, 1.54) is 4.90 Å². The van der Waals surface area contributed by atoms with Crippen LogP contribution in [0.2, 0.25) is 0 Å². The molecule has 1 aromatic carbocycles. The van der Waals surface area contributed by atoms with E-state index in [1.54, 1.807) is 31.2 Å². The fraction of sp³-hybridized carbons (Fsp3) is 0.381. The Bertz CT molecular complexity index is 847. The summed E-state index contributed by atoms with van der Waals surface area (Å²) in [4.78, 5) is 31.9. The molecular weight excluding hydrogens is 424 g/mol. The number of halogens is 1. The van der Waals surface area contributed by atoms with E-state index in [0.29, 0.717) is 47.7 Å². The molecule has 1 unspecified atom stereocenters. The van der Waals surface area contributed by atoms with Gasteiger partial charge >= 0.3 is 0 Å². The Morgan fingerprint density at radius 3 is 2.54 bits per heavy atom. The Morgan fingerprint density at radius 1 is 1.29 bits per heavy atom. The van der Waals surface area contributed by atoms with Crippen LogP contribution in [0.15, 0.2) is 51.6 Å². The molecule has 3 rings (SSSR count). The van der Waals surface area contributed by atoms with Gasteiger partial charge in [0.05, 0.1) is 15.9 Å². The third-order valence-corrected chi connectivity index (χ3v) is 5.51. The number of imide groups is 1. The van der Waals surface area contributed by atoms with Crippen molar-refractivity contribution in [1.82, 2.24) is 0 Å². The molecule has 7 heteroatoms. The molecule has 0 N–H and O–H groups in total. The van der Waals surface area contributed by atoms with Crippen molar-refractivity contribution in [1.29, 1.82) is 0 Å². The highest BCUT2D eigenvalue weighted by Crippen LogP contribution is 2.38. The maximum atomic E-state index is 12.8. The number of oxime groups is 1. The Labute approximate surface area is 173 Å². The monoisotopic (exact) mass is 446 g/mol. The summed E-state index contributed by atoms with van der Waals surface area (Å²) in [7, 11) is 0. The summed E-state index contributed by atoms with van der Waals surface area (Å²) < 4.78 is 6.70. The summed E-state index contributed by atoms with van der Waals surface area (Å²) in [6.07, 6.45) is 4.50. The minimum absolute atomic E-state index is 0.211. The Morgan fingerprint density at radius 2 is 1.93 bits per heavy atom. The lowest BCUT2D eigenvalue weighted by atomic mass is 9.93. The van der Waals surface area contributed by atoms with E-state index in [4.69, 9.17) is 9.57 Å². The average molecular weight is 447 g/mol. The van der Waals surface area contributed by atoms with Crippen molar-refractivity contribution in [3.05, 3.63) is 46.5 Å². The first-order valence-corrected chi connectivity index (χ1v) is 10.1. The van der Waals surface area contributed by atoms with E-state index >= 15 is 0 Å². The van der Waals surface area contributed by atoms with Crippen LogP contribution in [0.1, 0.15) is 39.5 Å². The first-order valence-electron chi connectivity index (χ1n) is 9.28. The number of hydrogen-bond acceptors (Lipinski definition) is 5. The van der Waals surface area contributed by atoms with Gasteiger partial charge in [0.1, 0.15) is 18.5 Å². The van der Waals surface area contributed by atoms with Gasteiger partial charge in [-0.05, 0) is 67.6 Å². The van der Waals surface area contributed by atoms with Crippen molar-refractivity contribution >= 4 is 39.1 Å². The summed E-state index contributed by atoms with van der Waals surface area (Å²) in [5, 5.41) is 3.99. The van der Waals surface area contributed by atoms with Crippen molar-refractivity contribution in [3.63, 3.8) is 0 Å². The number of ether oxygens (including phenoxy) is 1. The molecular formula is C21H23BrN2O4. The van der Waals surface area contributed by atoms with Gasteiger partial charge in [0.2, 0.25) is 0 Å². The second kappa shape index (κ2) is 8.73. The molecule has 28 heavy (non-hydrogen) atoms. The van der Waals surface area contributed by atoms with Gasteiger partial charge in [0.15, 0.2) is 0 Å². The highest BCUT2D eigenvalue weighted by atomic mass is 79.9. The minimum atomic E-state index is -0.354. The molecule has 2 aliphatic rings. The van der Waals surface area contributed by atoms with Crippen LogP contribution in [0.5, 0.6) is 5.75 Å². The number of benzene rings is 1. The zero-order chi connectivity index (χ0) is 20.3. The second-order valence-electron chi connectivity index (χ2n) is 6.80. The van der Waals surface area contributed by atoms with Gasteiger partial charge in [-0.25, -0.2) is 4.90 Å². The molecule has 0 saturated heterocycles. The summed E-state index contributed by atoms with van der Waals surface area (Å²) in [5.74, 6) is 0.0990. The molecule has 0 spiro atoms. The smallest absolute Gasteiger partial charge is 0.261 e. The normalized spacial score (nSPS) is 18.2. The molecule has 2 amide bonds. The van der Waals surface area contributed by atoms with Crippen LogP contribution >= 0.6 is 15.9 Å². The molecule has 1 aliphatic heterocycles. The number of nitrogens with zero attached hydrogens (tertiary/aromatic N) is 2. The van der Waals surface area contributed by atoms with Crippen LogP contribution < -0.4 is 9.64 Å². The maximum absolute atomic E-state index is 12.8. The molecule has 0 aromatic heterocycles. The van der Waals surface area contributed by atoms with Gasteiger partial charge in [0.25, 0.3) is 11.8 Å². The molecule has 1 aromatic rings. The van der Waals surface area contributed by atoms with E-state index in [9.17, 15) is 9.59 Å². The molecule has 6 nitrogen and oxygen atoms in total. The van der Waals surface area contributed by atoms with Gasteiger partial charge in [-0.2, -0.15) is 0 Å². The van der Waals surface area contributed by atoms with Gasteiger partial charge in [-0.15, -0.1) is 0 Å². The first-order chi connectivity index (χ1) is 13.4. The highest BCUT2D eigenvalue weighted by molar-refractivity contribution is 9.10. The van der Waals surface area contributed by atoms with Gasteiger partial charge in [-0.3, -0.25) is 9.59 Å². The fourth-order valence-electron chi connectivity index (χ4n) is 3.24. The first kappa shape index (κ1) is 20.3. The van der Waals surface area contributed by atoms with Crippen molar-refractivity contribution < 1.29 is 19.2 Å². The molecule has 0 bridgehead atoms. The second-order valence-corrected chi connectivity index (χ2v) is 7.66. The molecule has 0 radical (unpaired) electrons. The number of carbonyl (C=O) groups is 2. The molecule has 1 atom stereocenters. The summed E-state index contributed by atoms with van der Waals surface area (Å²) >= 11 is 3.46. The van der Waals surface area contributed by atoms with E-state index < -0.39 is 0 Å². The highest BCUT2D eigenvalue weighted by Gasteiger charge is 2.39. The van der Waals surface area contributed by atoms with Crippen molar-refractivity contribution in [2.75, 3.05) is 11.5 Å². The van der Waals surface area contributed by atoms with Crippen LogP contribution in [0.25, 0.3) is 0 Å². The Hall–Kier alpha value is -2.41. The summed E-state index contributed by atoms with van der Waals surface area (Å²) in [6, 6.07) is 5.21. The third-order valence-electron chi connectivity index (χ3n) is 4.86. The lowest BCUT2D eigenvalue weighted by Crippen LogP contribution is -2.31. The van der Waals surface area contributed by atoms with Crippen LogP contribution in [0.3, 0.4) is 0 Å². The lowest BCUT2D eigenvalue weighted by molar-refractivity contribution is -0.120. The van der Waals surface area contributed by atoms with Gasteiger partial charge < -0.3 is 9.57 Å². The SMILES string of the molecule is C=CCON=C(C)C(C)Oc1cc(N2C(=O)C3=C(CCCC3)C2=O)ccc1Br. The predicted molar refractivity (Wildman–Crippen MR) is 111 cm³/mol. The Balaban J connectivity index is 1.81. The topological polar surface area (TPSA) is 68.2 Å². The van der Waals surface area contributed by atoms with Crippen molar-refractivity contribution in [3.8, 4) is 5.75 Å². The number of rotatable bonds is 7. The van der Waals surface area contributed by atoms with Crippen LogP contribution in [0.4, 0.5) is 5.69 Å². The van der Waals surface area contributed by atoms with E-state index in [2.05, 4.69) is 27.7 Å². The largest absolute Gasteiger partial charge is 0.483 e. The predicted octanol–water partition coefficient (Wildman–Crippen LogP) is 4.54. The lowest BCUT2D eigenvalue weighted by Gasteiger charge is -2.19. The quantitative estimate of drug-likeness (QED) is 0.202. The third kappa shape index (κ3) is 4.04. The zero-order valence-corrected chi connectivity index (χ0v) is 17.6. The number of amides is 2. The van der Waals surface area contributed by atoms with E-state index in [0.717, 1.165) is 17.3 Å². The number of hydrogen-bond donors (Lipinski definition) is 0. The van der Waals surface area contributed by atoms with Gasteiger partial charge in [-0.1, -0.05) is 17.8 Å². The summed E-state index contributed by atoms with van der Waals surface area (Å²) in [6.45, 7) is 7.54. The number of anilines is 1. The average Bonchev–Trinajstić information content (AvgIpc) is 2.94. The zero-order valence-electron chi connectivity index (χ0n) is 16.0. The molecule has 0 fully saturated rings. The van der Waals surface area contributed by atoms with Crippen molar-refractivity contribution in [2.24, 2.45) is 5.16 Å². The van der Waals surface area contributed by atoms with Crippen LogP contribution in [0, 0.1) is 0 Å². The number of carbonyl (C=O) groups excluding carboxylic acids is 2. The molecule has 0 saturated carbocycles. The van der Waals surface area contributed by atoms with Crippen LogP contribution in [-0.4, -0.2) is 30.2 Å². The van der Waals surface area contributed by atoms with Gasteiger partial charge in [0, 0.05) is 17.2 Å². The van der Waals surface area contributed by atoms with E-state index in [-0.39, 0.29) is 17.9 Å². The Kier molecular flexibility index (Phi) is 6.34. The summed E-state index contributed by atoms with van der Waals surface area (Å²) in [5.41, 5.74) is 2.49. The standard InChI is InChI=1S/C21H23BrN2O4/c1-4-11-27-23-13(2)14(3)28-19-12-15(9-10-18(19)22)24-20(25)16-7-5-6-8-17(16)21(24)26/h4,9-10,12,14H,1,5-8,11H2,2-3H3. The molecule has 148 valence electrons. The molecule has 1 heterocycles. The van der Waals surface area contributed by atoms with Crippen LogP contribution in [-0.2, 0) is 14.4 Å². The minimum Gasteiger partial charge on any atom is -0.483 e.